The molecule has 4 nitrogen and oxygen atoms in total. The maximum absolute atomic E-state index is 5.88. The summed E-state index contributed by atoms with van der Waals surface area (Å²) >= 11 is 1.49. The second-order valence-electron chi connectivity index (χ2n) is 4.29. The first kappa shape index (κ1) is 9.42. The topological polar surface area (TPSA) is 60.2 Å². The molecule has 2 aliphatic rings. The fourth-order valence-corrected chi connectivity index (χ4v) is 2.89. The standard InChI is InChI=1S/C10H15N3OS/c11-9-8(6-1-2-6)10(15-13-9)12-7-3-4-14-5-7/h6-7,12H,1-5H2,(H2,11,13). The van der Waals surface area contributed by atoms with Gasteiger partial charge in [-0.15, -0.1) is 0 Å². The molecule has 0 bridgehead atoms. The second-order valence-corrected chi connectivity index (χ2v) is 5.06. The molecule has 3 N–H and O–H groups in total. The third-order valence-electron chi connectivity index (χ3n) is 3.01. The van der Waals surface area contributed by atoms with E-state index >= 15 is 0 Å². The molecule has 15 heavy (non-hydrogen) atoms. The highest BCUT2D eigenvalue weighted by Crippen LogP contribution is 2.47. The van der Waals surface area contributed by atoms with E-state index in [9.17, 15) is 0 Å². The Bertz CT molecular complexity index is 356. The SMILES string of the molecule is Nc1nsc(NC2CCOC2)c1C1CC1. The molecule has 1 atom stereocenters. The van der Waals surface area contributed by atoms with Crippen molar-refractivity contribution < 1.29 is 4.74 Å². The molecule has 0 amide bonds. The van der Waals surface area contributed by atoms with Crippen LogP contribution in [0.25, 0.3) is 0 Å². The maximum Gasteiger partial charge on any atom is 0.142 e. The van der Waals surface area contributed by atoms with Crippen LogP contribution >= 0.6 is 11.5 Å². The summed E-state index contributed by atoms with van der Waals surface area (Å²) in [6.45, 7) is 1.67. The largest absolute Gasteiger partial charge is 0.383 e. The summed E-state index contributed by atoms with van der Waals surface area (Å²) in [5, 5.41) is 4.67. The molecule has 0 radical (unpaired) electrons. The average molecular weight is 225 g/mol. The van der Waals surface area contributed by atoms with Crippen LogP contribution in [0.3, 0.4) is 0 Å². The van der Waals surface area contributed by atoms with Crippen molar-refractivity contribution in [2.75, 3.05) is 24.3 Å². The van der Waals surface area contributed by atoms with Gasteiger partial charge in [0.05, 0.1) is 12.6 Å². The molecule has 2 fully saturated rings. The number of hydrogen-bond donors (Lipinski definition) is 2. The van der Waals surface area contributed by atoms with Gasteiger partial charge >= 0.3 is 0 Å². The normalized spacial score (nSPS) is 25.7. The first-order valence-corrected chi connectivity index (χ1v) is 6.21. The fourth-order valence-electron chi connectivity index (χ4n) is 2.01. The lowest BCUT2D eigenvalue weighted by atomic mass is 10.2. The summed E-state index contributed by atoms with van der Waals surface area (Å²) in [6, 6.07) is 0.447. The maximum atomic E-state index is 5.88. The van der Waals surface area contributed by atoms with Gasteiger partial charge in [0.1, 0.15) is 10.8 Å². The zero-order valence-electron chi connectivity index (χ0n) is 8.53. The third kappa shape index (κ3) is 1.81. The lowest BCUT2D eigenvalue weighted by Crippen LogP contribution is -2.18. The molecule has 2 heterocycles. The van der Waals surface area contributed by atoms with Crippen molar-refractivity contribution in [3.63, 3.8) is 0 Å². The number of hydrogen-bond acceptors (Lipinski definition) is 5. The Balaban J connectivity index is 1.78. The number of anilines is 2. The monoisotopic (exact) mass is 225 g/mol. The molecule has 3 rings (SSSR count). The van der Waals surface area contributed by atoms with E-state index in [0.29, 0.717) is 12.0 Å². The molecule has 1 saturated carbocycles. The quantitative estimate of drug-likeness (QED) is 0.823. The van der Waals surface area contributed by atoms with E-state index in [-0.39, 0.29) is 0 Å². The fraction of sp³-hybridized carbons (Fsp3) is 0.700. The molecule has 1 unspecified atom stereocenters. The van der Waals surface area contributed by atoms with Gasteiger partial charge in [-0.25, -0.2) is 0 Å². The van der Waals surface area contributed by atoms with Crippen molar-refractivity contribution in [1.82, 2.24) is 4.37 Å². The van der Waals surface area contributed by atoms with Crippen LogP contribution < -0.4 is 11.1 Å². The van der Waals surface area contributed by atoms with Crippen LogP contribution in [-0.2, 0) is 4.74 Å². The van der Waals surface area contributed by atoms with E-state index in [4.69, 9.17) is 10.5 Å². The van der Waals surface area contributed by atoms with E-state index in [0.717, 1.165) is 25.5 Å². The molecule has 1 saturated heterocycles. The smallest absolute Gasteiger partial charge is 0.142 e. The lowest BCUT2D eigenvalue weighted by molar-refractivity contribution is 0.195. The van der Waals surface area contributed by atoms with Crippen LogP contribution in [-0.4, -0.2) is 23.6 Å². The summed E-state index contributed by atoms with van der Waals surface area (Å²) < 4.78 is 9.58. The first-order chi connectivity index (χ1) is 7.34. The Hall–Kier alpha value is -0.810. The van der Waals surface area contributed by atoms with Crippen LogP contribution in [0.1, 0.15) is 30.7 Å². The van der Waals surface area contributed by atoms with Crippen LogP contribution in [0.2, 0.25) is 0 Å². The van der Waals surface area contributed by atoms with Crippen molar-refractivity contribution in [3.05, 3.63) is 5.56 Å². The second kappa shape index (κ2) is 3.64. The van der Waals surface area contributed by atoms with Crippen molar-refractivity contribution in [2.45, 2.75) is 31.2 Å². The van der Waals surface area contributed by atoms with Gasteiger partial charge in [0, 0.05) is 12.2 Å². The predicted octanol–water partition coefficient (Wildman–Crippen LogP) is 1.80. The number of ether oxygens (including phenoxy) is 1. The van der Waals surface area contributed by atoms with Gasteiger partial charge in [-0.2, -0.15) is 4.37 Å². The molecule has 0 aromatic carbocycles. The van der Waals surface area contributed by atoms with E-state index < -0.39 is 0 Å². The Morgan fingerprint density at radius 3 is 2.93 bits per heavy atom. The minimum absolute atomic E-state index is 0.447. The van der Waals surface area contributed by atoms with Gasteiger partial charge < -0.3 is 15.8 Å². The number of rotatable bonds is 3. The molecule has 1 aliphatic carbocycles. The number of nitrogens with one attached hydrogen (secondary N) is 1. The molecule has 5 heteroatoms. The lowest BCUT2D eigenvalue weighted by Gasteiger charge is -2.11. The highest BCUT2D eigenvalue weighted by molar-refractivity contribution is 7.10. The minimum Gasteiger partial charge on any atom is -0.383 e. The molecule has 0 spiro atoms. The molecule has 1 aliphatic heterocycles. The zero-order valence-corrected chi connectivity index (χ0v) is 9.35. The van der Waals surface area contributed by atoms with E-state index in [2.05, 4.69) is 9.69 Å². The first-order valence-electron chi connectivity index (χ1n) is 5.44. The van der Waals surface area contributed by atoms with Crippen LogP contribution in [0, 0.1) is 0 Å². The summed E-state index contributed by atoms with van der Waals surface area (Å²) in [7, 11) is 0. The number of nitrogens with zero attached hydrogens (tertiary/aromatic N) is 1. The van der Waals surface area contributed by atoms with E-state index in [1.165, 1.54) is 34.9 Å². The Morgan fingerprint density at radius 1 is 1.40 bits per heavy atom. The number of nitrogens with two attached hydrogens (primary N) is 1. The summed E-state index contributed by atoms with van der Waals surface area (Å²) in [4.78, 5) is 0. The van der Waals surface area contributed by atoms with Crippen molar-refractivity contribution in [2.24, 2.45) is 0 Å². The molecule has 82 valence electrons. The predicted molar refractivity (Wildman–Crippen MR) is 61.3 cm³/mol. The van der Waals surface area contributed by atoms with E-state index in [1.807, 2.05) is 0 Å². The summed E-state index contributed by atoms with van der Waals surface area (Å²) in [5.41, 5.74) is 7.14. The van der Waals surface area contributed by atoms with Crippen LogP contribution in [0.5, 0.6) is 0 Å². The minimum atomic E-state index is 0.447. The van der Waals surface area contributed by atoms with Crippen molar-refractivity contribution >= 4 is 22.4 Å². The van der Waals surface area contributed by atoms with Gasteiger partial charge in [-0.05, 0) is 36.7 Å². The highest BCUT2D eigenvalue weighted by atomic mass is 32.1. The summed E-state index contributed by atoms with van der Waals surface area (Å²) in [5.74, 6) is 1.39. The van der Waals surface area contributed by atoms with Gasteiger partial charge in [0.25, 0.3) is 0 Å². The highest BCUT2D eigenvalue weighted by Gasteiger charge is 2.31. The molecular weight excluding hydrogens is 210 g/mol. The van der Waals surface area contributed by atoms with Gasteiger partial charge in [-0.1, -0.05) is 0 Å². The van der Waals surface area contributed by atoms with Crippen molar-refractivity contribution in [3.8, 4) is 0 Å². The molecule has 1 aromatic rings. The Kier molecular flexibility index (Phi) is 2.29. The average Bonchev–Trinajstić information content (AvgIpc) is 2.80. The van der Waals surface area contributed by atoms with Crippen LogP contribution in [0.4, 0.5) is 10.8 Å². The number of aromatic nitrogens is 1. The van der Waals surface area contributed by atoms with Gasteiger partial charge in [0.2, 0.25) is 0 Å². The summed E-state index contributed by atoms with van der Waals surface area (Å²) in [6.07, 6.45) is 3.61. The Labute approximate surface area is 93.0 Å². The van der Waals surface area contributed by atoms with Gasteiger partial charge in [-0.3, -0.25) is 0 Å². The van der Waals surface area contributed by atoms with E-state index in [1.54, 1.807) is 0 Å². The van der Waals surface area contributed by atoms with Gasteiger partial charge in [0.15, 0.2) is 0 Å². The molecular formula is C10H15N3OS. The van der Waals surface area contributed by atoms with Crippen LogP contribution in [0.15, 0.2) is 0 Å². The van der Waals surface area contributed by atoms with Crippen molar-refractivity contribution in [1.29, 1.82) is 0 Å². The molecule has 1 aromatic heterocycles. The number of nitrogen functional groups attached to an aromatic ring is 1. The zero-order chi connectivity index (χ0) is 10.3. The third-order valence-corrected chi connectivity index (χ3v) is 3.81. The Morgan fingerprint density at radius 2 is 2.27 bits per heavy atom.